The molecule has 2 aromatic rings. The zero-order valence-electron chi connectivity index (χ0n) is 20.5. The Kier molecular flexibility index (Phi) is 6.79. The lowest BCUT2D eigenvalue weighted by Crippen LogP contribution is -2.38. The Morgan fingerprint density at radius 3 is 2.51 bits per heavy atom. The van der Waals surface area contributed by atoms with Gasteiger partial charge in [0.05, 0.1) is 12.2 Å². The number of nitrogens with zero attached hydrogens (tertiary/aromatic N) is 2. The van der Waals surface area contributed by atoms with Gasteiger partial charge in [0.2, 0.25) is 0 Å². The molecule has 2 heterocycles. The molecule has 4 rings (SSSR count). The van der Waals surface area contributed by atoms with Gasteiger partial charge in [-0.25, -0.2) is 4.79 Å². The smallest absolute Gasteiger partial charge is 0.490 e. The van der Waals surface area contributed by atoms with Crippen LogP contribution in [0, 0.1) is 6.92 Å². The van der Waals surface area contributed by atoms with Crippen molar-refractivity contribution >= 4 is 11.8 Å². The summed E-state index contributed by atoms with van der Waals surface area (Å²) in [4.78, 5) is 16.4. The first-order valence-electron chi connectivity index (χ1n) is 11.8. The molecule has 0 saturated carbocycles. The summed E-state index contributed by atoms with van der Waals surface area (Å²) in [6, 6.07) is 8.22. The standard InChI is InChI=1S/C26H31F3N2O4/c1-17-20-10-12-30(24(32)35-25(2,3)4)11-9-18(20)15-22-23(17)31(13-14-33-22)16-19-7-5-6-8-21(19)34-26(27,28)29/h5-8,15H,9-14,16H2,1-4H3. The summed E-state index contributed by atoms with van der Waals surface area (Å²) in [6.07, 6.45) is -3.75. The number of fused-ring (bicyclic) bond motifs is 2. The first kappa shape index (κ1) is 25.0. The molecule has 0 spiro atoms. The normalized spacial score (nSPS) is 16.1. The molecule has 0 bridgehead atoms. The highest BCUT2D eigenvalue weighted by Crippen LogP contribution is 2.41. The van der Waals surface area contributed by atoms with Crippen LogP contribution in [0.2, 0.25) is 0 Å². The van der Waals surface area contributed by atoms with Crippen molar-refractivity contribution in [2.45, 2.75) is 59.0 Å². The lowest BCUT2D eigenvalue weighted by Gasteiger charge is -2.34. The van der Waals surface area contributed by atoms with Gasteiger partial charge in [-0.2, -0.15) is 0 Å². The number of benzene rings is 2. The highest BCUT2D eigenvalue weighted by molar-refractivity contribution is 5.71. The molecule has 0 unspecified atom stereocenters. The van der Waals surface area contributed by atoms with Crippen molar-refractivity contribution in [3.05, 3.63) is 52.6 Å². The molecule has 1 amide bonds. The summed E-state index contributed by atoms with van der Waals surface area (Å²) >= 11 is 0. The van der Waals surface area contributed by atoms with Crippen LogP contribution in [0.15, 0.2) is 30.3 Å². The molecule has 6 nitrogen and oxygen atoms in total. The predicted molar refractivity (Wildman–Crippen MR) is 126 cm³/mol. The third kappa shape index (κ3) is 5.94. The van der Waals surface area contributed by atoms with E-state index in [0.29, 0.717) is 50.4 Å². The first-order chi connectivity index (χ1) is 16.4. The molecule has 0 fully saturated rings. The molecule has 0 atom stereocenters. The number of ether oxygens (including phenoxy) is 3. The predicted octanol–water partition coefficient (Wildman–Crippen LogP) is 5.63. The average molecular weight is 493 g/mol. The Labute approximate surface area is 203 Å². The van der Waals surface area contributed by atoms with E-state index in [1.807, 2.05) is 38.7 Å². The number of amides is 1. The fourth-order valence-electron chi connectivity index (χ4n) is 4.68. The molecule has 2 aliphatic rings. The zero-order chi connectivity index (χ0) is 25.4. The van der Waals surface area contributed by atoms with E-state index in [2.05, 4.69) is 4.74 Å². The molecule has 0 saturated heterocycles. The molecule has 9 heteroatoms. The summed E-state index contributed by atoms with van der Waals surface area (Å²) in [5.41, 5.74) is 4.05. The first-order valence-corrected chi connectivity index (χ1v) is 11.8. The third-order valence-corrected chi connectivity index (χ3v) is 6.16. The van der Waals surface area contributed by atoms with Crippen molar-refractivity contribution in [3.63, 3.8) is 0 Å². The number of carbonyl (C=O) groups excluding carboxylic acids is 1. The summed E-state index contributed by atoms with van der Waals surface area (Å²) in [5, 5.41) is 0. The van der Waals surface area contributed by atoms with Gasteiger partial charge in [-0.05, 0) is 69.4 Å². The van der Waals surface area contributed by atoms with Crippen LogP contribution in [-0.4, -0.2) is 49.2 Å². The van der Waals surface area contributed by atoms with E-state index in [-0.39, 0.29) is 18.4 Å². The molecule has 0 radical (unpaired) electrons. The maximum Gasteiger partial charge on any atom is 0.573 e. The lowest BCUT2D eigenvalue weighted by atomic mass is 9.94. The van der Waals surface area contributed by atoms with Gasteiger partial charge in [-0.3, -0.25) is 0 Å². The second kappa shape index (κ2) is 9.51. The second-order valence-corrected chi connectivity index (χ2v) is 9.88. The van der Waals surface area contributed by atoms with Gasteiger partial charge in [0, 0.05) is 25.2 Å². The van der Waals surface area contributed by atoms with Crippen molar-refractivity contribution < 1.29 is 32.2 Å². The Bertz CT molecular complexity index is 1100. The molecule has 35 heavy (non-hydrogen) atoms. The number of hydrogen-bond acceptors (Lipinski definition) is 5. The largest absolute Gasteiger partial charge is 0.573 e. The van der Waals surface area contributed by atoms with Crippen molar-refractivity contribution in [2.75, 3.05) is 31.1 Å². The fraction of sp³-hybridized carbons (Fsp3) is 0.500. The van der Waals surface area contributed by atoms with Crippen LogP contribution in [0.3, 0.4) is 0 Å². The highest BCUT2D eigenvalue weighted by Gasteiger charge is 2.33. The zero-order valence-corrected chi connectivity index (χ0v) is 20.5. The summed E-state index contributed by atoms with van der Waals surface area (Å²) < 4.78 is 54.5. The lowest BCUT2D eigenvalue weighted by molar-refractivity contribution is -0.274. The minimum atomic E-state index is -4.76. The van der Waals surface area contributed by atoms with Crippen LogP contribution in [0.25, 0.3) is 0 Å². The van der Waals surface area contributed by atoms with E-state index in [4.69, 9.17) is 9.47 Å². The molecular weight excluding hydrogens is 461 g/mol. The van der Waals surface area contributed by atoms with E-state index in [1.54, 1.807) is 17.0 Å². The summed E-state index contributed by atoms with van der Waals surface area (Å²) in [5.74, 6) is 0.515. The SMILES string of the molecule is Cc1c2c(cc3c1N(Cc1ccccc1OC(F)(F)F)CCO3)CCN(C(=O)OC(C)(C)C)CC2. The van der Waals surface area contributed by atoms with Crippen LogP contribution < -0.4 is 14.4 Å². The Morgan fingerprint density at radius 2 is 1.80 bits per heavy atom. The molecule has 0 aliphatic carbocycles. The number of carbonyl (C=O) groups is 1. The number of rotatable bonds is 3. The number of alkyl halides is 3. The van der Waals surface area contributed by atoms with Gasteiger partial charge in [0.15, 0.2) is 0 Å². The molecule has 2 aliphatic heterocycles. The van der Waals surface area contributed by atoms with Crippen molar-refractivity contribution in [2.24, 2.45) is 0 Å². The Morgan fingerprint density at radius 1 is 1.09 bits per heavy atom. The quantitative estimate of drug-likeness (QED) is 0.556. The van der Waals surface area contributed by atoms with Crippen LogP contribution in [0.1, 0.15) is 43.0 Å². The minimum absolute atomic E-state index is 0.201. The molecule has 2 aromatic carbocycles. The maximum absolute atomic E-state index is 12.9. The summed E-state index contributed by atoms with van der Waals surface area (Å²) in [7, 11) is 0. The third-order valence-electron chi connectivity index (χ3n) is 6.16. The Hall–Kier alpha value is -3.10. The van der Waals surface area contributed by atoms with Crippen molar-refractivity contribution in [1.29, 1.82) is 0 Å². The van der Waals surface area contributed by atoms with E-state index in [9.17, 15) is 18.0 Å². The Balaban J connectivity index is 1.60. The van der Waals surface area contributed by atoms with Gasteiger partial charge >= 0.3 is 12.5 Å². The van der Waals surface area contributed by atoms with Crippen molar-refractivity contribution in [1.82, 2.24) is 4.90 Å². The maximum atomic E-state index is 12.9. The van der Waals surface area contributed by atoms with Crippen LogP contribution in [0.5, 0.6) is 11.5 Å². The summed E-state index contributed by atoms with van der Waals surface area (Å²) in [6.45, 7) is 9.86. The van der Waals surface area contributed by atoms with E-state index in [0.717, 1.165) is 22.4 Å². The van der Waals surface area contributed by atoms with Gasteiger partial charge < -0.3 is 24.0 Å². The number of halogens is 3. The van der Waals surface area contributed by atoms with Crippen LogP contribution in [0.4, 0.5) is 23.7 Å². The molecular formula is C26H31F3N2O4. The van der Waals surface area contributed by atoms with Gasteiger partial charge in [0.25, 0.3) is 0 Å². The van der Waals surface area contributed by atoms with Crippen molar-refractivity contribution in [3.8, 4) is 11.5 Å². The van der Waals surface area contributed by atoms with Crippen LogP contribution in [-0.2, 0) is 24.1 Å². The number of anilines is 1. The highest BCUT2D eigenvalue weighted by atomic mass is 19.4. The molecule has 0 aromatic heterocycles. The molecule has 190 valence electrons. The van der Waals surface area contributed by atoms with Gasteiger partial charge in [-0.1, -0.05) is 18.2 Å². The second-order valence-electron chi connectivity index (χ2n) is 9.88. The van der Waals surface area contributed by atoms with Crippen LogP contribution >= 0.6 is 0 Å². The average Bonchev–Trinajstić information content (AvgIpc) is 2.96. The van der Waals surface area contributed by atoms with E-state index >= 15 is 0 Å². The number of para-hydroxylation sites is 1. The van der Waals surface area contributed by atoms with E-state index < -0.39 is 12.0 Å². The molecule has 0 N–H and O–H groups in total. The number of hydrogen-bond donors (Lipinski definition) is 0. The van der Waals surface area contributed by atoms with Gasteiger partial charge in [-0.15, -0.1) is 13.2 Å². The van der Waals surface area contributed by atoms with E-state index in [1.165, 1.54) is 12.1 Å². The van der Waals surface area contributed by atoms with Gasteiger partial charge in [0.1, 0.15) is 23.7 Å². The monoisotopic (exact) mass is 492 g/mol. The minimum Gasteiger partial charge on any atom is -0.490 e. The fourth-order valence-corrected chi connectivity index (χ4v) is 4.68. The topological polar surface area (TPSA) is 51.2 Å².